The van der Waals surface area contributed by atoms with Crippen molar-refractivity contribution < 1.29 is 14.6 Å². The molecule has 0 saturated heterocycles. The first kappa shape index (κ1) is 18.8. The minimum absolute atomic E-state index is 0.231. The number of carbonyl (C=O) groups is 1. The van der Waals surface area contributed by atoms with Crippen LogP contribution in [0.15, 0.2) is 42.5 Å². The predicted molar refractivity (Wildman–Crippen MR) is 100 cm³/mol. The molecule has 134 valence electrons. The fourth-order valence-corrected chi connectivity index (χ4v) is 2.52. The Kier molecular flexibility index (Phi) is 6.42. The number of rotatable bonds is 6. The standard InChI is InChI=1S/C20H26N2O3/c1-5-22(13-19(23)16-9-6-14(2)7-10-16)20(24)21-18-12-17(25-4)11-8-15(18)3/h6-12,19,23H,5,13H2,1-4H3,(H,21,24). The Morgan fingerprint density at radius 2 is 1.88 bits per heavy atom. The van der Waals surface area contributed by atoms with Gasteiger partial charge in [0.05, 0.1) is 19.8 Å². The maximum Gasteiger partial charge on any atom is 0.321 e. The number of urea groups is 1. The zero-order valence-electron chi connectivity index (χ0n) is 15.2. The second-order valence-corrected chi connectivity index (χ2v) is 6.08. The van der Waals surface area contributed by atoms with E-state index in [1.165, 1.54) is 0 Å². The number of aliphatic hydroxyl groups is 1. The van der Waals surface area contributed by atoms with Gasteiger partial charge in [-0.3, -0.25) is 0 Å². The molecule has 2 N–H and O–H groups in total. The highest BCUT2D eigenvalue weighted by molar-refractivity contribution is 5.90. The van der Waals surface area contributed by atoms with Crippen molar-refractivity contribution in [3.63, 3.8) is 0 Å². The first-order valence-corrected chi connectivity index (χ1v) is 8.39. The van der Waals surface area contributed by atoms with Crippen LogP contribution in [0.25, 0.3) is 0 Å². The van der Waals surface area contributed by atoms with Gasteiger partial charge in [-0.05, 0) is 38.0 Å². The summed E-state index contributed by atoms with van der Waals surface area (Å²) < 4.78 is 5.21. The molecular weight excluding hydrogens is 316 g/mol. The maximum atomic E-state index is 12.6. The third kappa shape index (κ3) is 4.97. The van der Waals surface area contributed by atoms with Crippen LogP contribution in [0.5, 0.6) is 5.75 Å². The predicted octanol–water partition coefficient (Wildman–Crippen LogP) is 3.90. The lowest BCUT2D eigenvalue weighted by atomic mass is 10.1. The number of ether oxygens (including phenoxy) is 1. The number of likely N-dealkylation sites (N-methyl/N-ethyl adjacent to an activating group) is 1. The molecule has 25 heavy (non-hydrogen) atoms. The fourth-order valence-electron chi connectivity index (χ4n) is 2.52. The van der Waals surface area contributed by atoms with Gasteiger partial charge in [0.15, 0.2) is 0 Å². The normalized spacial score (nSPS) is 11.7. The van der Waals surface area contributed by atoms with Crippen molar-refractivity contribution >= 4 is 11.7 Å². The minimum atomic E-state index is -0.724. The Bertz CT molecular complexity index is 713. The van der Waals surface area contributed by atoms with Gasteiger partial charge in [-0.2, -0.15) is 0 Å². The highest BCUT2D eigenvalue weighted by Gasteiger charge is 2.18. The zero-order chi connectivity index (χ0) is 18.4. The van der Waals surface area contributed by atoms with Gasteiger partial charge in [-0.15, -0.1) is 0 Å². The fraction of sp³-hybridized carbons (Fsp3) is 0.350. The number of anilines is 1. The van der Waals surface area contributed by atoms with E-state index in [2.05, 4.69) is 5.32 Å². The molecule has 0 heterocycles. The van der Waals surface area contributed by atoms with Gasteiger partial charge in [0.2, 0.25) is 0 Å². The highest BCUT2D eigenvalue weighted by atomic mass is 16.5. The van der Waals surface area contributed by atoms with E-state index in [4.69, 9.17) is 4.74 Å². The highest BCUT2D eigenvalue weighted by Crippen LogP contribution is 2.22. The van der Waals surface area contributed by atoms with Gasteiger partial charge in [0.1, 0.15) is 5.75 Å². The summed E-state index contributed by atoms with van der Waals surface area (Å²) in [6.07, 6.45) is -0.724. The lowest BCUT2D eigenvalue weighted by Gasteiger charge is -2.25. The number of amides is 2. The number of nitrogens with one attached hydrogen (secondary N) is 1. The summed E-state index contributed by atoms with van der Waals surface area (Å²) in [4.78, 5) is 14.2. The van der Waals surface area contributed by atoms with Crippen LogP contribution in [0, 0.1) is 13.8 Å². The van der Waals surface area contributed by atoms with E-state index in [9.17, 15) is 9.90 Å². The van der Waals surface area contributed by atoms with Gasteiger partial charge >= 0.3 is 6.03 Å². The molecule has 0 aliphatic carbocycles. The first-order chi connectivity index (χ1) is 11.9. The number of nitrogens with zero attached hydrogens (tertiary/aromatic N) is 1. The summed E-state index contributed by atoms with van der Waals surface area (Å²) in [7, 11) is 1.59. The van der Waals surface area contributed by atoms with Crippen molar-refractivity contribution in [2.45, 2.75) is 26.9 Å². The minimum Gasteiger partial charge on any atom is -0.497 e. The lowest BCUT2D eigenvalue weighted by Crippen LogP contribution is -2.38. The molecule has 2 amide bonds. The molecule has 0 saturated carbocycles. The van der Waals surface area contributed by atoms with Crippen LogP contribution in [-0.2, 0) is 0 Å². The summed E-state index contributed by atoms with van der Waals surface area (Å²) in [5.41, 5.74) is 3.58. The molecule has 1 unspecified atom stereocenters. The molecule has 5 nitrogen and oxygen atoms in total. The summed E-state index contributed by atoms with van der Waals surface area (Å²) in [5.74, 6) is 0.684. The number of benzene rings is 2. The van der Waals surface area contributed by atoms with E-state index >= 15 is 0 Å². The summed E-state index contributed by atoms with van der Waals surface area (Å²) in [6.45, 7) is 6.54. The van der Waals surface area contributed by atoms with Crippen LogP contribution < -0.4 is 10.1 Å². The number of aryl methyl sites for hydroxylation is 2. The molecule has 0 fully saturated rings. The van der Waals surface area contributed by atoms with Crippen molar-refractivity contribution in [2.75, 3.05) is 25.5 Å². The van der Waals surface area contributed by atoms with Gasteiger partial charge < -0.3 is 20.1 Å². The van der Waals surface area contributed by atoms with E-state index in [-0.39, 0.29) is 12.6 Å². The SMILES string of the molecule is CCN(CC(O)c1ccc(C)cc1)C(=O)Nc1cc(OC)ccc1C. The van der Waals surface area contributed by atoms with E-state index in [0.717, 1.165) is 16.7 Å². The van der Waals surface area contributed by atoms with E-state index in [0.29, 0.717) is 18.0 Å². The smallest absolute Gasteiger partial charge is 0.321 e. The molecule has 0 bridgehead atoms. The molecular formula is C20H26N2O3. The quantitative estimate of drug-likeness (QED) is 0.837. The van der Waals surface area contributed by atoms with Gasteiger partial charge in [-0.1, -0.05) is 35.9 Å². The van der Waals surface area contributed by atoms with E-state index in [1.807, 2.05) is 57.2 Å². The Balaban J connectivity index is 2.06. The number of methoxy groups -OCH3 is 1. The second kappa shape index (κ2) is 8.53. The molecule has 0 aliphatic heterocycles. The van der Waals surface area contributed by atoms with Crippen molar-refractivity contribution in [3.05, 3.63) is 59.2 Å². The van der Waals surface area contributed by atoms with Crippen LogP contribution >= 0.6 is 0 Å². The van der Waals surface area contributed by atoms with Crippen LogP contribution in [0.4, 0.5) is 10.5 Å². The largest absolute Gasteiger partial charge is 0.497 e. The number of carbonyl (C=O) groups excluding carboxylic acids is 1. The third-order valence-electron chi connectivity index (χ3n) is 4.21. The monoisotopic (exact) mass is 342 g/mol. The van der Waals surface area contributed by atoms with Gasteiger partial charge in [-0.25, -0.2) is 4.79 Å². The van der Waals surface area contributed by atoms with E-state index < -0.39 is 6.10 Å². The van der Waals surface area contributed by atoms with Crippen LogP contribution in [-0.4, -0.2) is 36.2 Å². The molecule has 2 rings (SSSR count). The average molecular weight is 342 g/mol. The van der Waals surface area contributed by atoms with Crippen molar-refractivity contribution in [1.29, 1.82) is 0 Å². The number of hydrogen-bond donors (Lipinski definition) is 2. The zero-order valence-corrected chi connectivity index (χ0v) is 15.2. The van der Waals surface area contributed by atoms with Crippen LogP contribution in [0.3, 0.4) is 0 Å². The Hall–Kier alpha value is -2.53. The molecule has 2 aromatic carbocycles. The summed E-state index contributed by atoms with van der Waals surface area (Å²) in [6, 6.07) is 13.0. The molecule has 2 aromatic rings. The topological polar surface area (TPSA) is 61.8 Å². The Labute approximate surface area is 149 Å². The molecule has 5 heteroatoms. The second-order valence-electron chi connectivity index (χ2n) is 6.08. The molecule has 1 atom stereocenters. The first-order valence-electron chi connectivity index (χ1n) is 8.39. The summed E-state index contributed by atoms with van der Waals surface area (Å²) >= 11 is 0. The molecule has 0 aromatic heterocycles. The molecule has 0 spiro atoms. The van der Waals surface area contributed by atoms with E-state index in [1.54, 1.807) is 18.1 Å². The van der Waals surface area contributed by atoms with Crippen molar-refractivity contribution in [2.24, 2.45) is 0 Å². The Morgan fingerprint density at radius 1 is 1.20 bits per heavy atom. The average Bonchev–Trinajstić information content (AvgIpc) is 2.61. The number of aliphatic hydroxyl groups excluding tert-OH is 1. The lowest BCUT2D eigenvalue weighted by molar-refractivity contribution is 0.128. The van der Waals surface area contributed by atoms with Crippen LogP contribution in [0.2, 0.25) is 0 Å². The maximum absolute atomic E-state index is 12.6. The molecule has 0 radical (unpaired) electrons. The van der Waals surface area contributed by atoms with Crippen LogP contribution in [0.1, 0.15) is 29.7 Å². The Morgan fingerprint density at radius 3 is 2.48 bits per heavy atom. The third-order valence-corrected chi connectivity index (χ3v) is 4.21. The van der Waals surface area contributed by atoms with Crippen molar-refractivity contribution in [3.8, 4) is 5.75 Å². The number of hydrogen-bond acceptors (Lipinski definition) is 3. The van der Waals surface area contributed by atoms with Gasteiger partial charge in [0.25, 0.3) is 0 Å². The van der Waals surface area contributed by atoms with Crippen molar-refractivity contribution in [1.82, 2.24) is 4.90 Å². The van der Waals surface area contributed by atoms with Gasteiger partial charge in [0, 0.05) is 18.3 Å². The summed E-state index contributed by atoms with van der Waals surface area (Å²) in [5, 5.41) is 13.3. The molecule has 0 aliphatic rings.